The van der Waals surface area contributed by atoms with Crippen LogP contribution in [0.2, 0.25) is 0 Å². The van der Waals surface area contributed by atoms with Crippen LogP contribution in [-0.2, 0) is 17.6 Å². The summed E-state index contributed by atoms with van der Waals surface area (Å²) in [5.41, 5.74) is 7.39. The Morgan fingerprint density at radius 3 is 2.36 bits per heavy atom. The molecule has 0 fully saturated rings. The highest BCUT2D eigenvalue weighted by molar-refractivity contribution is 5.76. The molecule has 0 aliphatic carbocycles. The highest BCUT2D eigenvalue weighted by Crippen LogP contribution is 2.12. The summed E-state index contributed by atoms with van der Waals surface area (Å²) in [4.78, 5) is 10.8. The van der Waals surface area contributed by atoms with Gasteiger partial charge in [0, 0.05) is 6.54 Å². The number of carbonyl (C=O) groups is 1. The van der Waals surface area contributed by atoms with Gasteiger partial charge in [0.2, 0.25) is 5.91 Å². The first-order valence-electron chi connectivity index (χ1n) is 7.49. The lowest BCUT2D eigenvalue weighted by atomic mass is 10.1. The van der Waals surface area contributed by atoms with Gasteiger partial charge in [-0.3, -0.25) is 4.79 Å². The summed E-state index contributed by atoms with van der Waals surface area (Å²) in [6, 6.07) is 17.9. The van der Waals surface area contributed by atoms with Gasteiger partial charge in [0.05, 0.1) is 6.42 Å². The summed E-state index contributed by atoms with van der Waals surface area (Å²) >= 11 is 0. The van der Waals surface area contributed by atoms with Crippen molar-refractivity contribution >= 4 is 5.91 Å². The lowest BCUT2D eigenvalue weighted by molar-refractivity contribution is -0.117. The molecule has 0 aromatic heterocycles. The molecule has 2 aromatic rings. The average Bonchev–Trinajstić information content (AvgIpc) is 2.53. The van der Waals surface area contributed by atoms with Gasteiger partial charge in [0.1, 0.15) is 12.4 Å². The SMILES string of the molecule is NC(=O)Cc1ccc(OCCNCCc2ccccc2)cc1. The van der Waals surface area contributed by atoms with Crippen LogP contribution in [0.3, 0.4) is 0 Å². The number of primary amides is 1. The second-order valence-corrected chi connectivity index (χ2v) is 5.12. The van der Waals surface area contributed by atoms with Crippen molar-refractivity contribution in [1.29, 1.82) is 0 Å². The standard InChI is InChI=1S/C18H22N2O2/c19-18(21)14-16-6-8-17(9-7-16)22-13-12-20-11-10-15-4-2-1-3-5-15/h1-9,20H,10-14H2,(H2,19,21). The number of nitrogens with one attached hydrogen (secondary N) is 1. The quantitative estimate of drug-likeness (QED) is 0.695. The largest absolute Gasteiger partial charge is 0.492 e. The van der Waals surface area contributed by atoms with E-state index in [4.69, 9.17) is 10.5 Å². The third-order valence-electron chi connectivity index (χ3n) is 3.28. The van der Waals surface area contributed by atoms with Crippen LogP contribution >= 0.6 is 0 Å². The molecule has 0 atom stereocenters. The Bertz CT molecular complexity index is 567. The first kappa shape index (κ1) is 16.0. The zero-order chi connectivity index (χ0) is 15.6. The summed E-state index contributed by atoms with van der Waals surface area (Å²) in [6.45, 7) is 2.35. The monoisotopic (exact) mass is 298 g/mol. The predicted molar refractivity (Wildman–Crippen MR) is 87.9 cm³/mol. The Hall–Kier alpha value is -2.33. The first-order valence-corrected chi connectivity index (χ1v) is 7.49. The maximum atomic E-state index is 10.8. The van der Waals surface area contributed by atoms with Crippen molar-refractivity contribution in [3.05, 3.63) is 65.7 Å². The molecule has 2 rings (SSSR count). The third-order valence-corrected chi connectivity index (χ3v) is 3.28. The fourth-order valence-electron chi connectivity index (χ4n) is 2.15. The van der Waals surface area contributed by atoms with Crippen molar-refractivity contribution in [2.24, 2.45) is 5.73 Å². The molecule has 0 aliphatic heterocycles. The molecular weight excluding hydrogens is 276 g/mol. The number of amides is 1. The number of hydrogen-bond acceptors (Lipinski definition) is 3. The third kappa shape index (κ3) is 5.97. The van der Waals surface area contributed by atoms with Crippen LogP contribution in [0.1, 0.15) is 11.1 Å². The van der Waals surface area contributed by atoms with Crippen LogP contribution in [0, 0.1) is 0 Å². The van der Waals surface area contributed by atoms with Gasteiger partial charge in [0.25, 0.3) is 0 Å². The van der Waals surface area contributed by atoms with E-state index in [9.17, 15) is 4.79 Å². The minimum atomic E-state index is -0.323. The Labute approximate surface area is 131 Å². The number of hydrogen-bond donors (Lipinski definition) is 2. The lowest BCUT2D eigenvalue weighted by Gasteiger charge is -2.08. The molecule has 0 heterocycles. The van der Waals surface area contributed by atoms with Gasteiger partial charge in [-0.1, -0.05) is 42.5 Å². The first-order chi connectivity index (χ1) is 10.7. The summed E-state index contributed by atoms with van der Waals surface area (Å²) in [7, 11) is 0. The van der Waals surface area contributed by atoms with Gasteiger partial charge in [-0.2, -0.15) is 0 Å². The molecule has 3 N–H and O–H groups in total. The fourth-order valence-corrected chi connectivity index (χ4v) is 2.15. The molecule has 22 heavy (non-hydrogen) atoms. The van der Waals surface area contributed by atoms with Gasteiger partial charge in [-0.25, -0.2) is 0 Å². The minimum Gasteiger partial charge on any atom is -0.492 e. The van der Waals surface area contributed by atoms with E-state index in [0.717, 1.165) is 30.8 Å². The number of nitrogens with two attached hydrogens (primary N) is 1. The second-order valence-electron chi connectivity index (χ2n) is 5.12. The number of rotatable bonds is 9. The van der Waals surface area contributed by atoms with E-state index in [1.807, 2.05) is 30.3 Å². The van der Waals surface area contributed by atoms with E-state index in [1.165, 1.54) is 5.56 Å². The van der Waals surface area contributed by atoms with Crippen LogP contribution in [0.25, 0.3) is 0 Å². The molecule has 4 heteroatoms. The van der Waals surface area contributed by atoms with Crippen LogP contribution in [0.4, 0.5) is 0 Å². The molecule has 4 nitrogen and oxygen atoms in total. The van der Waals surface area contributed by atoms with Crippen LogP contribution < -0.4 is 15.8 Å². The van der Waals surface area contributed by atoms with Crippen molar-refractivity contribution < 1.29 is 9.53 Å². The van der Waals surface area contributed by atoms with Gasteiger partial charge < -0.3 is 15.8 Å². The second kappa shape index (κ2) is 8.85. The molecule has 2 aromatic carbocycles. The Balaban J connectivity index is 1.59. The zero-order valence-electron chi connectivity index (χ0n) is 12.6. The molecule has 0 aliphatic rings. The molecule has 0 spiro atoms. The van der Waals surface area contributed by atoms with Crippen LogP contribution in [-0.4, -0.2) is 25.6 Å². The molecule has 0 bridgehead atoms. The van der Waals surface area contributed by atoms with Gasteiger partial charge in [-0.05, 0) is 36.2 Å². The van der Waals surface area contributed by atoms with Crippen molar-refractivity contribution in [2.75, 3.05) is 19.7 Å². The van der Waals surface area contributed by atoms with E-state index in [2.05, 4.69) is 29.6 Å². The van der Waals surface area contributed by atoms with E-state index in [0.29, 0.717) is 6.61 Å². The van der Waals surface area contributed by atoms with Gasteiger partial charge in [-0.15, -0.1) is 0 Å². The van der Waals surface area contributed by atoms with E-state index >= 15 is 0 Å². The summed E-state index contributed by atoms with van der Waals surface area (Å²) in [5, 5.41) is 3.36. The lowest BCUT2D eigenvalue weighted by Crippen LogP contribution is -2.23. The number of benzene rings is 2. The Morgan fingerprint density at radius 2 is 1.68 bits per heavy atom. The van der Waals surface area contributed by atoms with Crippen molar-refractivity contribution in [3.63, 3.8) is 0 Å². The zero-order valence-corrected chi connectivity index (χ0v) is 12.6. The number of ether oxygens (including phenoxy) is 1. The van der Waals surface area contributed by atoms with E-state index in [-0.39, 0.29) is 12.3 Å². The molecular formula is C18H22N2O2. The predicted octanol–water partition coefficient (Wildman–Crippen LogP) is 1.93. The van der Waals surface area contributed by atoms with Gasteiger partial charge >= 0.3 is 0 Å². The van der Waals surface area contributed by atoms with Crippen LogP contribution in [0.15, 0.2) is 54.6 Å². The maximum Gasteiger partial charge on any atom is 0.221 e. The summed E-state index contributed by atoms with van der Waals surface area (Å²) in [6.07, 6.45) is 1.28. The van der Waals surface area contributed by atoms with Gasteiger partial charge in [0.15, 0.2) is 0 Å². The van der Waals surface area contributed by atoms with Crippen molar-refractivity contribution in [1.82, 2.24) is 5.32 Å². The van der Waals surface area contributed by atoms with Crippen LogP contribution in [0.5, 0.6) is 5.75 Å². The molecule has 116 valence electrons. The fraction of sp³-hybridized carbons (Fsp3) is 0.278. The normalized spacial score (nSPS) is 10.4. The Kier molecular flexibility index (Phi) is 6.45. The van der Waals surface area contributed by atoms with Crippen molar-refractivity contribution in [3.8, 4) is 5.75 Å². The average molecular weight is 298 g/mol. The summed E-state index contributed by atoms with van der Waals surface area (Å²) in [5.74, 6) is 0.481. The highest BCUT2D eigenvalue weighted by Gasteiger charge is 1.99. The van der Waals surface area contributed by atoms with Crippen molar-refractivity contribution in [2.45, 2.75) is 12.8 Å². The molecule has 0 saturated carbocycles. The Morgan fingerprint density at radius 1 is 0.955 bits per heavy atom. The molecule has 0 unspecified atom stereocenters. The molecule has 0 saturated heterocycles. The molecule has 0 radical (unpaired) electrons. The number of carbonyl (C=O) groups excluding carboxylic acids is 1. The highest BCUT2D eigenvalue weighted by atomic mass is 16.5. The summed E-state index contributed by atoms with van der Waals surface area (Å²) < 4.78 is 5.64. The molecule has 1 amide bonds. The van der Waals surface area contributed by atoms with E-state index in [1.54, 1.807) is 0 Å². The topological polar surface area (TPSA) is 64.4 Å². The van der Waals surface area contributed by atoms with E-state index < -0.39 is 0 Å². The maximum absolute atomic E-state index is 10.8. The minimum absolute atomic E-state index is 0.265. The smallest absolute Gasteiger partial charge is 0.221 e.